The van der Waals surface area contributed by atoms with E-state index in [0.29, 0.717) is 0 Å². The molecule has 2 aliphatic carbocycles. The van der Waals surface area contributed by atoms with E-state index in [4.69, 9.17) is 4.42 Å². The van der Waals surface area contributed by atoms with Gasteiger partial charge in [-0.05, 0) is 75.2 Å². The molecule has 192 valence electrons. The normalized spacial score (nSPS) is 17.6. The Balaban J connectivity index is 1.32. The number of hydrogen-bond acceptors (Lipinski definition) is 2. The molecule has 2 nitrogen and oxygen atoms in total. The molecule has 10 rings (SSSR count). The number of nitrogens with zero attached hydrogens (tertiary/aromatic N) is 1. The van der Waals surface area contributed by atoms with Gasteiger partial charge in [-0.1, -0.05) is 103 Å². The zero-order valence-corrected chi connectivity index (χ0v) is 22.4. The molecule has 3 aliphatic rings. The third-order valence-electron chi connectivity index (χ3n) is 9.78. The molecule has 7 aromatic rings. The second-order valence-corrected chi connectivity index (χ2v) is 11.6. The number of hydrogen-bond donors (Lipinski definition) is 0. The number of fused-ring (bicyclic) bond motifs is 15. The third kappa shape index (κ3) is 2.55. The van der Waals surface area contributed by atoms with Gasteiger partial charge < -0.3 is 9.32 Å². The third-order valence-corrected chi connectivity index (χ3v) is 9.78. The van der Waals surface area contributed by atoms with E-state index in [2.05, 4.69) is 132 Å². The Kier molecular flexibility index (Phi) is 4.00. The molecular weight excluding hydrogens is 498 g/mol. The van der Waals surface area contributed by atoms with Crippen LogP contribution in [0, 0.1) is 0 Å². The molecule has 2 heteroatoms. The van der Waals surface area contributed by atoms with Crippen LogP contribution in [0.15, 0.2) is 132 Å². The smallest absolute Gasteiger partial charge is 0.143 e. The minimum Gasteiger partial charge on any atom is -0.455 e. The lowest BCUT2D eigenvalue weighted by atomic mass is 9.70. The standard InChI is InChI=1S/C39H25NO/c1-7-15-35-24(9-1)21-22-40(35)25-17-18-27-26-10-2-5-13-31(26)39(34(27)23-25)32-14-6-3-12-30(32)37-33(39)20-19-29-28-11-4-8-16-36(28)41-38(29)37/h1-20,23H,21-22H2. The van der Waals surface area contributed by atoms with Crippen LogP contribution >= 0.6 is 0 Å². The zero-order chi connectivity index (χ0) is 26.7. The van der Waals surface area contributed by atoms with Crippen LogP contribution in [0.25, 0.3) is 44.2 Å². The quantitative estimate of drug-likeness (QED) is 0.213. The van der Waals surface area contributed by atoms with E-state index in [9.17, 15) is 0 Å². The lowest BCUT2D eigenvalue weighted by Gasteiger charge is -2.31. The Bertz CT molecular complexity index is 2240. The van der Waals surface area contributed by atoms with Gasteiger partial charge in [-0.2, -0.15) is 0 Å². The maximum absolute atomic E-state index is 6.67. The number of anilines is 2. The van der Waals surface area contributed by atoms with Crippen LogP contribution in [0.2, 0.25) is 0 Å². The largest absolute Gasteiger partial charge is 0.455 e. The van der Waals surface area contributed by atoms with Gasteiger partial charge in [0.1, 0.15) is 11.2 Å². The van der Waals surface area contributed by atoms with Crippen molar-refractivity contribution in [3.8, 4) is 22.3 Å². The molecule has 0 saturated carbocycles. The van der Waals surface area contributed by atoms with Gasteiger partial charge in [0.2, 0.25) is 0 Å². The van der Waals surface area contributed by atoms with Gasteiger partial charge >= 0.3 is 0 Å². The SMILES string of the molecule is c1ccc2c(c1)CCN2c1ccc2c(c1)C1(c3ccccc3-2)c2ccccc2-c2c1ccc1c2oc2ccccc21. The average Bonchev–Trinajstić information content (AvgIpc) is 3.77. The maximum Gasteiger partial charge on any atom is 0.143 e. The minimum atomic E-state index is -0.403. The molecule has 1 spiro atoms. The molecule has 2 heterocycles. The average molecular weight is 524 g/mol. The molecule has 0 radical (unpaired) electrons. The van der Waals surface area contributed by atoms with Gasteiger partial charge in [0.25, 0.3) is 0 Å². The highest BCUT2D eigenvalue weighted by Gasteiger charge is 2.52. The van der Waals surface area contributed by atoms with E-state index < -0.39 is 5.41 Å². The summed E-state index contributed by atoms with van der Waals surface area (Å²) in [6.07, 6.45) is 1.08. The summed E-state index contributed by atoms with van der Waals surface area (Å²) in [4.78, 5) is 2.50. The van der Waals surface area contributed by atoms with Crippen molar-refractivity contribution in [2.24, 2.45) is 0 Å². The molecule has 0 bridgehead atoms. The summed E-state index contributed by atoms with van der Waals surface area (Å²) in [7, 11) is 0. The Morgan fingerprint density at radius 2 is 1.29 bits per heavy atom. The molecular formula is C39H25NO. The highest BCUT2D eigenvalue weighted by Crippen LogP contribution is 2.64. The van der Waals surface area contributed by atoms with E-state index in [1.165, 1.54) is 72.2 Å². The highest BCUT2D eigenvalue weighted by atomic mass is 16.3. The molecule has 0 amide bonds. The number of rotatable bonds is 1. The fourth-order valence-corrected chi connectivity index (χ4v) is 8.16. The summed E-state index contributed by atoms with van der Waals surface area (Å²) in [5.74, 6) is 0. The van der Waals surface area contributed by atoms with Crippen LogP contribution in [0.4, 0.5) is 11.4 Å². The van der Waals surface area contributed by atoms with E-state index in [-0.39, 0.29) is 0 Å². The molecule has 0 fully saturated rings. The molecule has 1 aliphatic heterocycles. The van der Waals surface area contributed by atoms with E-state index in [1.54, 1.807) is 0 Å². The first kappa shape index (κ1) is 21.7. The molecule has 1 unspecified atom stereocenters. The summed E-state index contributed by atoms with van der Waals surface area (Å²) >= 11 is 0. The predicted octanol–water partition coefficient (Wildman–Crippen LogP) is 9.62. The van der Waals surface area contributed by atoms with Gasteiger partial charge in [0, 0.05) is 34.3 Å². The summed E-state index contributed by atoms with van der Waals surface area (Å²) in [6.45, 7) is 1.00. The summed E-state index contributed by atoms with van der Waals surface area (Å²) in [5, 5.41) is 2.35. The van der Waals surface area contributed by atoms with Crippen molar-refractivity contribution in [1.29, 1.82) is 0 Å². The number of furan rings is 1. The van der Waals surface area contributed by atoms with Gasteiger partial charge in [0.15, 0.2) is 0 Å². The lowest BCUT2D eigenvalue weighted by Crippen LogP contribution is -2.26. The zero-order valence-electron chi connectivity index (χ0n) is 22.4. The van der Waals surface area contributed by atoms with E-state index >= 15 is 0 Å². The van der Waals surface area contributed by atoms with Crippen molar-refractivity contribution in [3.63, 3.8) is 0 Å². The topological polar surface area (TPSA) is 16.4 Å². The molecule has 1 atom stereocenters. The van der Waals surface area contributed by atoms with Crippen LogP contribution in [-0.2, 0) is 11.8 Å². The van der Waals surface area contributed by atoms with Gasteiger partial charge in [-0.15, -0.1) is 0 Å². The van der Waals surface area contributed by atoms with Crippen LogP contribution in [0.1, 0.15) is 27.8 Å². The van der Waals surface area contributed by atoms with Gasteiger partial charge in [-0.25, -0.2) is 0 Å². The monoisotopic (exact) mass is 523 g/mol. The number of benzene rings is 6. The summed E-state index contributed by atoms with van der Waals surface area (Å²) in [5.41, 5.74) is 16.1. The van der Waals surface area contributed by atoms with Crippen LogP contribution in [0.3, 0.4) is 0 Å². The van der Waals surface area contributed by atoms with E-state index in [1.807, 2.05) is 0 Å². The molecule has 6 aromatic carbocycles. The maximum atomic E-state index is 6.67. The molecule has 0 saturated heterocycles. The second-order valence-electron chi connectivity index (χ2n) is 11.6. The Morgan fingerprint density at radius 1 is 0.561 bits per heavy atom. The summed E-state index contributed by atoms with van der Waals surface area (Å²) in [6, 6.07) is 47.1. The fraction of sp³-hybridized carbons (Fsp3) is 0.0769. The number of para-hydroxylation sites is 2. The molecule has 0 N–H and O–H groups in total. The van der Waals surface area contributed by atoms with Crippen molar-refractivity contribution in [1.82, 2.24) is 0 Å². The van der Waals surface area contributed by atoms with Crippen LogP contribution in [0.5, 0.6) is 0 Å². The van der Waals surface area contributed by atoms with Crippen LogP contribution < -0.4 is 4.90 Å². The first-order chi connectivity index (χ1) is 20.3. The van der Waals surface area contributed by atoms with Crippen molar-refractivity contribution < 1.29 is 4.42 Å². The van der Waals surface area contributed by atoms with Gasteiger partial charge in [0.05, 0.1) is 5.41 Å². The lowest BCUT2D eigenvalue weighted by molar-refractivity contribution is 0.669. The van der Waals surface area contributed by atoms with Crippen molar-refractivity contribution >= 4 is 33.3 Å². The van der Waals surface area contributed by atoms with Crippen molar-refractivity contribution in [2.75, 3.05) is 11.4 Å². The Morgan fingerprint density at radius 3 is 2.22 bits per heavy atom. The second kappa shape index (κ2) is 7.56. The first-order valence-corrected chi connectivity index (χ1v) is 14.5. The first-order valence-electron chi connectivity index (χ1n) is 14.5. The molecule has 1 aromatic heterocycles. The summed E-state index contributed by atoms with van der Waals surface area (Å²) < 4.78 is 6.67. The van der Waals surface area contributed by atoms with Gasteiger partial charge in [-0.3, -0.25) is 0 Å². The van der Waals surface area contributed by atoms with E-state index in [0.717, 1.165) is 24.1 Å². The fourth-order valence-electron chi connectivity index (χ4n) is 8.16. The predicted molar refractivity (Wildman–Crippen MR) is 167 cm³/mol. The van der Waals surface area contributed by atoms with Crippen LogP contribution in [-0.4, -0.2) is 6.54 Å². The van der Waals surface area contributed by atoms with Crippen molar-refractivity contribution in [3.05, 3.63) is 155 Å². The molecule has 41 heavy (non-hydrogen) atoms. The minimum absolute atomic E-state index is 0.403. The van der Waals surface area contributed by atoms with Crippen molar-refractivity contribution in [2.45, 2.75) is 11.8 Å². The highest BCUT2D eigenvalue weighted by molar-refractivity contribution is 6.13. The Hall–Kier alpha value is -5.08. The Labute approximate surface area is 238 Å².